The van der Waals surface area contributed by atoms with E-state index in [2.05, 4.69) is 20.7 Å². The smallest absolute Gasteiger partial charge is 0.406 e. The van der Waals surface area contributed by atoms with Gasteiger partial charge in [-0.1, -0.05) is 0 Å². The number of rotatable bonds is 3. The fourth-order valence-corrected chi connectivity index (χ4v) is 5.49. The van der Waals surface area contributed by atoms with Crippen molar-refractivity contribution in [3.8, 4) is 17.9 Å². The molecule has 2 aliphatic heterocycles. The Labute approximate surface area is 210 Å². The monoisotopic (exact) mass is 508 g/mol. The molecule has 0 saturated carbocycles. The van der Waals surface area contributed by atoms with Crippen LogP contribution in [-0.4, -0.2) is 42.1 Å². The van der Waals surface area contributed by atoms with Crippen LogP contribution in [0.5, 0.6) is 5.75 Å². The highest BCUT2D eigenvalue weighted by atomic mass is 19.4. The van der Waals surface area contributed by atoms with Crippen molar-refractivity contribution >= 4 is 22.4 Å². The Morgan fingerprint density at radius 3 is 2.22 bits per heavy atom. The van der Waals surface area contributed by atoms with Gasteiger partial charge < -0.3 is 19.1 Å². The van der Waals surface area contributed by atoms with Crippen LogP contribution in [0, 0.1) is 28.1 Å². The Hall–Kier alpha value is -4.25. The van der Waals surface area contributed by atoms with Gasteiger partial charge in [0.1, 0.15) is 34.7 Å². The van der Waals surface area contributed by atoms with Crippen molar-refractivity contribution in [1.82, 2.24) is 9.55 Å². The van der Waals surface area contributed by atoms with E-state index in [1.165, 1.54) is 16.7 Å². The number of halogens is 3. The van der Waals surface area contributed by atoms with Gasteiger partial charge in [0.25, 0.3) is 5.56 Å². The number of alkyl halides is 3. The molecule has 0 amide bonds. The molecule has 3 aromatic rings. The number of fused-ring (bicyclic) bond motifs is 1. The topological polar surface area (TPSA) is 98.2 Å². The van der Waals surface area contributed by atoms with Gasteiger partial charge in [0.15, 0.2) is 0 Å². The first kappa shape index (κ1) is 24.4. The number of pyridine rings is 2. The molecule has 2 aromatic heterocycles. The third-order valence-corrected chi connectivity index (χ3v) is 7.46. The summed E-state index contributed by atoms with van der Waals surface area (Å²) in [7, 11) is 1.59. The van der Waals surface area contributed by atoms with Gasteiger partial charge in [-0.25, -0.2) is 4.98 Å². The van der Waals surface area contributed by atoms with Crippen LogP contribution in [0.15, 0.2) is 41.2 Å². The second kappa shape index (κ2) is 9.00. The van der Waals surface area contributed by atoms with Crippen molar-refractivity contribution < 1.29 is 17.9 Å². The maximum absolute atomic E-state index is 12.9. The SMILES string of the molecule is Cn1c(=O)c(C#N)c(N2CCC3(CCN(c4ccc(OC(F)(F)F)cc4)C3)CC2)c2nc(C#N)ccc21. The second-order valence-corrected chi connectivity index (χ2v) is 9.58. The number of hydrogen-bond acceptors (Lipinski definition) is 7. The highest BCUT2D eigenvalue weighted by molar-refractivity contribution is 5.92. The van der Waals surface area contributed by atoms with Crippen molar-refractivity contribution in [2.24, 2.45) is 12.5 Å². The molecule has 0 atom stereocenters. The van der Waals surface area contributed by atoms with Crippen molar-refractivity contribution in [3.63, 3.8) is 0 Å². The molecule has 2 fully saturated rings. The number of benzene rings is 1. The fourth-order valence-electron chi connectivity index (χ4n) is 5.49. The molecule has 0 N–H and O–H groups in total. The molecule has 0 unspecified atom stereocenters. The second-order valence-electron chi connectivity index (χ2n) is 9.58. The van der Waals surface area contributed by atoms with Crippen molar-refractivity contribution in [2.45, 2.75) is 25.6 Å². The van der Waals surface area contributed by atoms with Crippen LogP contribution in [0.2, 0.25) is 0 Å². The Balaban J connectivity index is 1.36. The average Bonchev–Trinajstić information content (AvgIpc) is 3.29. The van der Waals surface area contributed by atoms with E-state index >= 15 is 0 Å². The summed E-state index contributed by atoms with van der Waals surface area (Å²) in [6.45, 7) is 2.77. The molecular weight excluding hydrogens is 485 g/mol. The number of anilines is 2. The fraction of sp³-hybridized carbons (Fsp3) is 0.385. The number of nitrogens with zero attached hydrogens (tertiary/aromatic N) is 6. The summed E-state index contributed by atoms with van der Waals surface area (Å²) in [5.74, 6) is -0.249. The minimum absolute atomic E-state index is 0.0164. The Morgan fingerprint density at radius 2 is 1.62 bits per heavy atom. The van der Waals surface area contributed by atoms with Gasteiger partial charge in [0, 0.05) is 38.9 Å². The molecule has 1 spiro atoms. The molecule has 5 rings (SSSR count). The largest absolute Gasteiger partial charge is 0.573 e. The van der Waals surface area contributed by atoms with Gasteiger partial charge >= 0.3 is 6.36 Å². The summed E-state index contributed by atoms with van der Waals surface area (Å²) in [5.41, 5.74) is 2.18. The molecule has 190 valence electrons. The molecule has 0 aliphatic carbocycles. The van der Waals surface area contributed by atoms with Crippen LogP contribution in [-0.2, 0) is 7.05 Å². The summed E-state index contributed by atoms with van der Waals surface area (Å²) in [4.78, 5) is 21.6. The molecule has 11 heteroatoms. The van der Waals surface area contributed by atoms with Gasteiger partial charge in [0.05, 0.1) is 11.2 Å². The lowest BCUT2D eigenvalue weighted by atomic mass is 9.77. The van der Waals surface area contributed by atoms with E-state index in [-0.39, 0.29) is 22.4 Å². The van der Waals surface area contributed by atoms with E-state index < -0.39 is 11.9 Å². The van der Waals surface area contributed by atoms with Crippen LogP contribution in [0.25, 0.3) is 11.0 Å². The summed E-state index contributed by atoms with van der Waals surface area (Å²) < 4.78 is 42.7. The third-order valence-electron chi connectivity index (χ3n) is 7.46. The Morgan fingerprint density at radius 1 is 0.973 bits per heavy atom. The zero-order chi connectivity index (χ0) is 26.4. The standard InChI is InChI=1S/C26H23F3N6O2/c1-33-21-7-2-17(14-30)32-22(21)23(20(15-31)24(33)36)34-11-8-25(9-12-34)10-13-35(16-25)18-3-5-19(6-4-18)37-26(27,28)29/h2-7H,8-13,16H2,1H3. The van der Waals surface area contributed by atoms with E-state index in [1.807, 2.05) is 11.0 Å². The molecule has 4 heterocycles. The maximum Gasteiger partial charge on any atom is 0.573 e. The van der Waals surface area contributed by atoms with Crippen LogP contribution in [0.1, 0.15) is 30.5 Å². The molecular formula is C26H23F3N6O2. The summed E-state index contributed by atoms with van der Waals surface area (Å²) >= 11 is 0. The first-order chi connectivity index (χ1) is 17.6. The van der Waals surface area contributed by atoms with E-state index in [1.54, 1.807) is 31.3 Å². The summed E-state index contributed by atoms with van der Waals surface area (Å²) in [5, 5.41) is 19.2. The molecule has 1 aromatic carbocycles. The molecule has 8 nitrogen and oxygen atoms in total. The van der Waals surface area contributed by atoms with Crippen LogP contribution < -0.4 is 20.1 Å². The van der Waals surface area contributed by atoms with Crippen molar-refractivity contribution in [3.05, 3.63) is 58.0 Å². The Bertz CT molecular complexity index is 1490. The first-order valence-electron chi connectivity index (χ1n) is 11.8. The molecule has 0 bridgehead atoms. The van der Waals surface area contributed by atoms with Crippen molar-refractivity contribution in [2.75, 3.05) is 36.0 Å². The quantitative estimate of drug-likeness (QED) is 0.526. The highest BCUT2D eigenvalue weighted by Crippen LogP contribution is 2.44. The van der Waals surface area contributed by atoms with E-state index in [0.29, 0.717) is 29.8 Å². The number of piperidine rings is 1. The van der Waals surface area contributed by atoms with E-state index in [9.17, 15) is 28.5 Å². The van der Waals surface area contributed by atoms with E-state index in [4.69, 9.17) is 0 Å². The lowest BCUT2D eigenvalue weighted by Crippen LogP contribution is -2.43. The molecule has 2 saturated heterocycles. The third kappa shape index (κ3) is 4.53. The van der Waals surface area contributed by atoms with Gasteiger partial charge in [-0.3, -0.25) is 4.79 Å². The molecule has 37 heavy (non-hydrogen) atoms. The lowest BCUT2D eigenvalue weighted by molar-refractivity contribution is -0.274. The molecule has 0 radical (unpaired) electrons. The van der Waals surface area contributed by atoms with Crippen molar-refractivity contribution in [1.29, 1.82) is 10.5 Å². The first-order valence-corrected chi connectivity index (χ1v) is 11.8. The van der Waals surface area contributed by atoms with Gasteiger partial charge in [-0.15, -0.1) is 13.2 Å². The summed E-state index contributed by atoms with van der Waals surface area (Å²) in [6.07, 6.45) is -2.16. The minimum atomic E-state index is -4.72. The summed E-state index contributed by atoms with van der Waals surface area (Å²) in [6, 6.07) is 13.2. The molecule has 2 aliphatic rings. The zero-order valence-corrected chi connectivity index (χ0v) is 20.0. The number of nitriles is 2. The van der Waals surface area contributed by atoms with E-state index in [0.717, 1.165) is 38.0 Å². The predicted octanol–water partition coefficient (Wildman–Crippen LogP) is 4.07. The average molecular weight is 509 g/mol. The van der Waals surface area contributed by atoms with Crippen LogP contribution in [0.4, 0.5) is 24.5 Å². The van der Waals surface area contributed by atoms with Gasteiger partial charge in [-0.05, 0) is 61.1 Å². The minimum Gasteiger partial charge on any atom is -0.406 e. The lowest BCUT2D eigenvalue weighted by Gasteiger charge is -2.41. The van der Waals surface area contributed by atoms with Gasteiger partial charge in [-0.2, -0.15) is 10.5 Å². The number of hydrogen-bond donors (Lipinski definition) is 0. The maximum atomic E-state index is 12.9. The van der Waals surface area contributed by atoms with Gasteiger partial charge in [0.2, 0.25) is 0 Å². The number of aromatic nitrogens is 2. The normalized spacial score (nSPS) is 17.1. The highest BCUT2D eigenvalue weighted by Gasteiger charge is 2.41. The van der Waals surface area contributed by atoms with Crippen LogP contribution >= 0.6 is 0 Å². The Kier molecular flexibility index (Phi) is 5.95. The zero-order valence-electron chi connectivity index (χ0n) is 20.0. The number of aryl methyl sites for hydroxylation is 1. The number of ether oxygens (including phenoxy) is 1. The predicted molar refractivity (Wildman–Crippen MR) is 130 cm³/mol. The van der Waals surface area contributed by atoms with Crippen LogP contribution in [0.3, 0.4) is 0 Å².